The number of carboxylic acids is 2. The minimum absolute atomic E-state index is 0.0277. The molecule has 0 radical (unpaired) electrons. The maximum absolute atomic E-state index is 10.6. The van der Waals surface area contributed by atoms with Crippen molar-refractivity contribution in [1.82, 2.24) is 0 Å². The van der Waals surface area contributed by atoms with Crippen LogP contribution in [-0.2, 0) is 0 Å². The van der Waals surface area contributed by atoms with Gasteiger partial charge in [-0.2, -0.15) is 12.6 Å². The molecular formula is C12H16O4S. The molecule has 0 aliphatic rings. The molecule has 0 spiro atoms. The minimum atomic E-state index is -1.11. The first-order chi connectivity index (χ1) is 7.95. The summed E-state index contributed by atoms with van der Waals surface area (Å²) < 4.78 is 0. The topological polar surface area (TPSA) is 74.6 Å². The zero-order valence-corrected chi connectivity index (χ0v) is 10.7. The highest BCUT2D eigenvalue weighted by molar-refractivity contribution is 7.80. The number of aromatic carboxylic acids is 2. The van der Waals surface area contributed by atoms with Crippen molar-refractivity contribution in [3.63, 3.8) is 0 Å². The molecule has 0 saturated heterocycles. The number of rotatable bonds is 3. The highest BCUT2D eigenvalue weighted by atomic mass is 32.1. The van der Waals surface area contributed by atoms with Crippen LogP contribution in [0.15, 0.2) is 18.2 Å². The number of benzene rings is 1. The molecule has 2 N–H and O–H groups in total. The first-order valence-electron chi connectivity index (χ1n) is 5.12. The van der Waals surface area contributed by atoms with Crippen LogP contribution >= 0.6 is 12.6 Å². The van der Waals surface area contributed by atoms with Gasteiger partial charge in [0.1, 0.15) is 0 Å². The fourth-order valence-corrected chi connectivity index (χ4v) is 1.10. The van der Waals surface area contributed by atoms with Crippen LogP contribution < -0.4 is 0 Å². The van der Waals surface area contributed by atoms with Gasteiger partial charge in [-0.25, -0.2) is 9.59 Å². The zero-order chi connectivity index (χ0) is 13.4. The van der Waals surface area contributed by atoms with Gasteiger partial charge in [0.15, 0.2) is 0 Å². The van der Waals surface area contributed by atoms with Crippen molar-refractivity contribution >= 4 is 24.6 Å². The van der Waals surface area contributed by atoms with E-state index in [1.807, 2.05) is 0 Å². The molecule has 5 heteroatoms. The van der Waals surface area contributed by atoms with Crippen LogP contribution in [0.3, 0.4) is 0 Å². The molecule has 0 aromatic heterocycles. The minimum Gasteiger partial charge on any atom is -0.478 e. The van der Waals surface area contributed by atoms with Crippen LogP contribution in [0.5, 0.6) is 0 Å². The van der Waals surface area contributed by atoms with Crippen molar-refractivity contribution < 1.29 is 19.8 Å². The second-order valence-electron chi connectivity index (χ2n) is 3.31. The number of hydrogen-bond donors (Lipinski definition) is 3. The van der Waals surface area contributed by atoms with Crippen molar-refractivity contribution in [3.05, 3.63) is 34.9 Å². The van der Waals surface area contributed by atoms with Gasteiger partial charge in [0, 0.05) is 0 Å². The number of hydrogen-bond acceptors (Lipinski definition) is 3. The van der Waals surface area contributed by atoms with Crippen LogP contribution in [0.1, 0.15) is 39.6 Å². The Morgan fingerprint density at radius 2 is 1.53 bits per heavy atom. The lowest BCUT2D eigenvalue weighted by Crippen LogP contribution is -2.06. The van der Waals surface area contributed by atoms with Crippen LogP contribution in [0.4, 0.5) is 0 Å². The van der Waals surface area contributed by atoms with Crippen molar-refractivity contribution in [2.75, 3.05) is 5.75 Å². The predicted octanol–water partition coefficient (Wildman–Crippen LogP) is 2.72. The fraction of sp³-hybridized carbons (Fsp3) is 0.333. The molecule has 0 aliphatic heterocycles. The molecule has 1 aromatic carbocycles. The van der Waals surface area contributed by atoms with E-state index in [1.165, 1.54) is 31.5 Å². The van der Waals surface area contributed by atoms with E-state index < -0.39 is 11.9 Å². The van der Waals surface area contributed by atoms with Gasteiger partial charge in [0.25, 0.3) is 0 Å². The molecule has 4 nitrogen and oxygen atoms in total. The number of carbonyl (C=O) groups is 2. The summed E-state index contributed by atoms with van der Waals surface area (Å²) >= 11 is 3.92. The fourth-order valence-electron chi connectivity index (χ4n) is 1.10. The number of thiol groups is 1. The summed E-state index contributed by atoms with van der Waals surface area (Å²) in [5, 5.41) is 17.4. The Morgan fingerprint density at radius 1 is 1.18 bits per heavy atom. The molecule has 0 atom stereocenters. The zero-order valence-electron chi connectivity index (χ0n) is 9.80. The summed E-state index contributed by atoms with van der Waals surface area (Å²) in [6.07, 6.45) is 1.18. The van der Waals surface area contributed by atoms with E-state index in [4.69, 9.17) is 10.2 Å². The third-order valence-electron chi connectivity index (χ3n) is 2.02. The van der Waals surface area contributed by atoms with Gasteiger partial charge in [0.05, 0.1) is 11.1 Å². The van der Waals surface area contributed by atoms with Crippen LogP contribution in [0.25, 0.3) is 0 Å². The molecule has 1 aromatic rings. The van der Waals surface area contributed by atoms with Gasteiger partial charge in [-0.15, -0.1) is 0 Å². The Bertz CT molecular complexity index is 367. The van der Waals surface area contributed by atoms with Crippen LogP contribution in [-0.4, -0.2) is 27.9 Å². The molecule has 17 heavy (non-hydrogen) atoms. The maximum atomic E-state index is 10.6. The molecule has 0 fully saturated rings. The Hall–Kier alpha value is -1.49. The second kappa shape index (κ2) is 7.73. The molecule has 0 amide bonds. The van der Waals surface area contributed by atoms with Crippen LogP contribution in [0.2, 0.25) is 0 Å². The Balaban J connectivity index is 0.000000557. The maximum Gasteiger partial charge on any atom is 0.335 e. The van der Waals surface area contributed by atoms with Gasteiger partial charge < -0.3 is 10.2 Å². The summed E-state index contributed by atoms with van der Waals surface area (Å²) in [4.78, 5) is 21.2. The van der Waals surface area contributed by atoms with Gasteiger partial charge in [0.2, 0.25) is 0 Å². The summed E-state index contributed by atoms with van der Waals surface area (Å²) in [7, 11) is 0. The first kappa shape index (κ1) is 15.5. The third-order valence-corrected chi connectivity index (χ3v) is 2.47. The summed E-state index contributed by atoms with van der Waals surface area (Å²) in [5.74, 6) is -1.21. The van der Waals surface area contributed by atoms with Crippen molar-refractivity contribution in [2.24, 2.45) is 0 Å². The van der Waals surface area contributed by atoms with E-state index in [1.54, 1.807) is 0 Å². The lowest BCUT2D eigenvalue weighted by molar-refractivity contribution is 0.0696. The van der Waals surface area contributed by atoms with E-state index in [-0.39, 0.29) is 16.7 Å². The van der Waals surface area contributed by atoms with Gasteiger partial charge in [-0.05, 0) is 36.8 Å². The molecule has 0 saturated carbocycles. The van der Waals surface area contributed by atoms with Gasteiger partial charge in [-0.3, -0.25) is 0 Å². The second-order valence-corrected chi connectivity index (χ2v) is 3.76. The summed E-state index contributed by atoms with van der Waals surface area (Å²) in [5.41, 5.74) is 0.335. The normalized spacial score (nSPS) is 9.12. The van der Waals surface area contributed by atoms with E-state index in [9.17, 15) is 9.59 Å². The Kier molecular flexibility index (Phi) is 7.05. The smallest absolute Gasteiger partial charge is 0.335 e. The number of carboxylic acid groups (broad SMARTS) is 2. The average molecular weight is 256 g/mol. The average Bonchev–Trinajstić information content (AvgIpc) is 2.29. The Morgan fingerprint density at radius 3 is 1.76 bits per heavy atom. The first-order valence-corrected chi connectivity index (χ1v) is 5.76. The standard InChI is InChI=1S/C9H8O4.C3H8S/c1-5-6(8(10)11)3-2-4-7(5)9(12)13;1-2-3-4/h2-4H,1H3,(H,10,11)(H,12,13);4H,2-3H2,1H3. The third kappa shape index (κ3) is 4.91. The molecule has 0 bridgehead atoms. The lowest BCUT2D eigenvalue weighted by atomic mass is 10.0. The summed E-state index contributed by atoms with van der Waals surface area (Å²) in [6, 6.07) is 4.17. The Labute approximate surface area is 106 Å². The SMILES string of the molecule is CCCS.Cc1c(C(=O)O)cccc1C(=O)O. The van der Waals surface area contributed by atoms with Crippen molar-refractivity contribution in [3.8, 4) is 0 Å². The van der Waals surface area contributed by atoms with E-state index in [2.05, 4.69) is 19.6 Å². The monoisotopic (exact) mass is 256 g/mol. The predicted molar refractivity (Wildman–Crippen MR) is 69.2 cm³/mol. The molecule has 1 rings (SSSR count). The highest BCUT2D eigenvalue weighted by Crippen LogP contribution is 2.13. The largest absolute Gasteiger partial charge is 0.478 e. The van der Waals surface area contributed by atoms with Crippen molar-refractivity contribution in [2.45, 2.75) is 20.3 Å². The molecule has 94 valence electrons. The highest BCUT2D eigenvalue weighted by Gasteiger charge is 2.13. The van der Waals surface area contributed by atoms with Crippen LogP contribution in [0, 0.1) is 6.92 Å². The molecule has 0 aliphatic carbocycles. The van der Waals surface area contributed by atoms with Gasteiger partial charge >= 0.3 is 11.9 Å². The summed E-state index contributed by atoms with van der Waals surface area (Å²) in [6.45, 7) is 3.58. The van der Waals surface area contributed by atoms with Crippen molar-refractivity contribution in [1.29, 1.82) is 0 Å². The molecular weight excluding hydrogens is 240 g/mol. The van der Waals surface area contributed by atoms with Gasteiger partial charge in [-0.1, -0.05) is 13.0 Å². The van der Waals surface area contributed by atoms with E-state index in [0.29, 0.717) is 0 Å². The molecule has 0 unspecified atom stereocenters. The lowest BCUT2D eigenvalue weighted by Gasteiger charge is -2.03. The van der Waals surface area contributed by atoms with E-state index in [0.717, 1.165) is 5.75 Å². The molecule has 0 heterocycles. The quantitative estimate of drug-likeness (QED) is 0.727. The van der Waals surface area contributed by atoms with E-state index >= 15 is 0 Å².